The number of aryl methyl sites for hydroxylation is 1. The maximum absolute atomic E-state index is 12.4. The Balaban J connectivity index is 1.77. The summed E-state index contributed by atoms with van der Waals surface area (Å²) in [5.74, 6) is 1.26. The zero-order valence-corrected chi connectivity index (χ0v) is 13.3. The molecule has 2 N–H and O–H groups in total. The Kier molecular flexibility index (Phi) is 4.01. The van der Waals surface area contributed by atoms with E-state index >= 15 is 0 Å². The lowest BCUT2D eigenvalue weighted by atomic mass is 10.0. The van der Waals surface area contributed by atoms with E-state index in [1.807, 2.05) is 32.9 Å². The highest BCUT2D eigenvalue weighted by Gasteiger charge is 2.16. The number of rotatable bonds is 4. The average molecular weight is 310 g/mol. The summed E-state index contributed by atoms with van der Waals surface area (Å²) in [5.41, 5.74) is 2.73. The van der Waals surface area contributed by atoms with Crippen LogP contribution >= 0.6 is 0 Å². The normalized spacial score (nSPS) is 11.1. The molecule has 0 fully saturated rings. The van der Waals surface area contributed by atoms with E-state index < -0.39 is 0 Å². The third kappa shape index (κ3) is 3.18. The summed E-state index contributed by atoms with van der Waals surface area (Å²) in [7, 11) is 0. The van der Waals surface area contributed by atoms with Crippen molar-refractivity contribution in [2.75, 3.05) is 0 Å². The predicted molar refractivity (Wildman–Crippen MR) is 85.9 cm³/mol. The van der Waals surface area contributed by atoms with Crippen molar-refractivity contribution in [1.29, 1.82) is 0 Å². The van der Waals surface area contributed by atoms with Gasteiger partial charge in [-0.3, -0.25) is 4.79 Å². The molecule has 3 aromatic heterocycles. The molecule has 3 heterocycles. The number of hydrogen-bond donors (Lipinski definition) is 2. The summed E-state index contributed by atoms with van der Waals surface area (Å²) in [4.78, 5) is 32.6. The van der Waals surface area contributed by atoms with Crippen molar-refractivity contribution < 1.29 is 4.79 Å². The van der Waals surface area contributed by atoms with Crippen LogP contribution in [0.25, 0.3) is 11.2 Å². The molecule has 118 valence electrons. The predicted octanol–water partition coefficient (Wildman–Crippen LogP) is 2.11. The molecule has 0 aromatic carbocycles. The zero-order valence-electron chi connectivity index (χ0n) is 13.3. The first-order valence-electron chi connectivity index (χ1n) is 7.46. The second-order valence-corrected chi connectivity index (χ2v) is 5.61. The largest absolute Gasteiger partial charge is 0.345 e. The minimum absolute atomic E-state index is 0.146. The molecule has 7 heteroatoms. The molecule has 0 saturated carbocycles. The van der Waals surface area contributed by atoms with Gasteiger partial charge in [-0.05, 0) is 25.0 Å². The van der Waals surface area contributed by atoms with E-state index in [0.29, 0.717) is 29.4 Å². The van der Waals surface area contributed by atoms with Crippen LogP contribution in [0.4, 0.5) is 0 Å². The highest BCUT2D eigenvalue weighted by atomic mass is 16.1. The van der Waals surface area contributed by atoms with Gasteiger partial charge in [-0.15, -0.1) is 0 Å². The van der Waals surface area contributed by atoms with Crippen molar-refractivity contribution in [3.8, 4) is 0 Å². The molecule has 3 rings (SSSR count). The van der Waals surface area contributed by atoms with Gasteiger partial charge in [0.05, 0.1) is 23.3 Å². The Morgan fingerprint density at radius 3 is 2.87 bits per heavy atom. The minimum atomic E-state index is -0.206. The fraction of sp³-hybridized carbons (Fsp3) is 0.312. The Morgan fingerprint density at radius 1 is 1.30 bits per heavy atom. The van der Waals surface area contributed by atoms with Gasteiger partial charge in [0.1, 0.15) is 11.6 Å². The van der Waals surface area contributed by atoms with Crippen LogP contribution in [0.1, 0.15) is 47.5 Å². The van der Waals surface area contributed by atoms with Crippen LogP contribution in [-0.2, 0) is 6.54 Å². The van der Waals surface area contributed by atoms with Gasteiger partial charge in [-0.1, -0.05) is 13.8 Å². The van der Waals surface area contributed by atoms with Crippen molar-refractivity contribution >= 4 is 17.1 Å². The van der Waals surface area contributed by atoms with Crippen LogP contribution in [-0.4, -0.2) is 30.8 Å². The van der Waals surface area contributed by atoms with Crippen molar-refractivity contribution in [3.05, 3.63) is 47.4 Å². The first kappa shape index (κ1) is 15.1. The summed E-state index contributed by atoms with van der Waals surface area (Å²) in [6.07, 6.45) is 3.26. The van der Waals surface area contributed by atoms with Gasteiger partial charge in [0.25, 0.3) is 5.91 Å². The molecule has 0 aliphatic heterocycles. The third-order valence-corrected chi connectivity index (χ3v) is 3.45. The maximum atomic E-state index is 12.4. The monoisotopic (exact) mass is 310 g/mol. The number of nitrogens with one attached hydrogen (secondary N) is 2. The quantitative estimate of drug-likeness (QED) is 0.769. The number of carbonyl (C=O) groups is 1. The van der Waals surface area contributed by atoms with E-state index in [1.165, 1.54) is 0 Å². The van der Waals surface area contributed by atoms with Gasteiger partial charge in [-0.25, -0.2) is 19.9 Å². The van der Waals surface area contributed by atoms with Crippen LogP contribution in [0.5, 0.6) is 0 Å². The summed E-state index contributed by atoms with van der Waals surface area (Å²) in [6.45, 7) is 6.11. The smallest absolute Gasteiger partial charge is 0.255 e. The number of hydrogen-bond acceptors (Lipinski definition) is 5. The van der Waals surface area contributed by atoms with Gasteiger partial charge in [0.15, 0.2) is 5.65 Å². The third-order valence-electron chi connectivity index (χ3n) is 3.45. The molecule has 0 radical (unpaired) electrons. The summed E-state index contributed by atoms with van der Waals surface area (Å²) >= 11 is 0. The first-order chi connectivity index (χ1) is 11.0. The molecule has 0 unspecified atom stereocenters. The number of aromatic amines is 1. The van der Waals surface area contributed by atoms with Gasteiger partial charge in [0.2, 0.25) is 0 Å². The van der Waals surface area contributed by atoms with E-state index in [1.54, 1.807) is 12.4 Å². The lowest BCUT2D eigenvalue weighted by Gasteiger charge is -2.11. The van der Waals surface area contributed by atoms with Crippen molar-refractivity contribution in [2.45, 2.75) is 33.2 Å². The first-order valence-corrected chi connectivity index (χ1v) is 7.46. The van der Waals surface area contributed by atoms with Crippen LogP contribution in [0.3, 0.4) is 0 Å². The van der Waals surface area contributed by atoms with Gasteiger partial charge in [0, 0.05) is 12.4 Å². The van der Waals surface area contributed by atoms with E-state index in [2.05, 4.69) is 30.2 Å². The molecule has 3 aromatic rings. The summed E-state index contributed by atoms with van der Waals surface area (Å²) in [5, 5.41) is 2.85. The summed E-state index contributed by atoms with van der Waals surface area (Å²) < 4.78 is 0. The van der Waals surface area contributed by atoms with Crippen LogP contribution in [0, 0.1) is 6.92 Å². The molecule has 0 atom stereocenters. The van der Waals surface area contributed by atoms with E-state index in [0.717, 1.165) is 11.2 Å². The lowest BCUT2D eigenvalue weighted by Crippen LogP contribution is -2.25. The fourth-order valence-electron chi connectivity index (χ4n) is 2.34. The molecule has 7 nitrogen and oxygen atoms in total. The molecule has 0 aliphatic carbocycles. The molecule has 0 bridgehead atoms. The molecule has 0 aliphatic rings. The zero-order chi connectivity index (χ0) is 16.4. The SMILES string of the molecule is Cc1ncc(C(=O)NCc2nc3ncccc3[nH]2)c(C(C)C)n1. The van der Waals surface area contributed by atoms with Crippen LogP contribution in [0.2, 0.25) is 0 Å². The molecule has 0 saturated heterocycles. The fourth-order valence-corrected chi connectivity index (χ4v) is 2.34. The maximum Gasteiger partial charge on any atom is 0.255 e. The Bertz CT molecular complexity index is 822. The lowest BCUT2D eigenvalue weighted by molar-refractivity contribution is 0.0947. The Labute approximate surface area is 133 Å². The Morgan fingerprint density at radius 2 is 2.13 bits per heavy atom. The van der Waals surface area contributed by atoms with E-state index in [9.17, 15) is 4.79 Å². The second-order valence-electron chi connectivity index (χ2n) is 5.61. The van der Waals surface area contributed by atoms with Crippen LogP contribution < -0.4 is 5.32 Å². The number of aromatic nitrogens is 5. The molecular formula is C16H18N6O. The van der Waals surface area contributed by atoms with Crippen molar-refractivity contribution in [2.24, 2.45) is 0 Å². The highest BCUT2D eigenvalue weighted by molar-refractivity contribution is 5.95. The van der Waals surface area contributed by atoms with E-state index in [4.69, 9.17) is 0 Å². The standard InChI is InChI=1S/C16H18N6O/c1-9(2)14-11(7-18-10(3)20-14)16(23)19-8-13-21-12-5-4-6-17-15(12)22-13/h4-7,9H,8H2,1-3H3,(H,19,23)(H,17,21,22). The number of amides is 1. The molecule has 23 heavy (non-hydrogen) atoms. The minimum Gasteiger partial charge on any atom is -0.345 e. The number of H-pyrrole nitrogens is 1. The molecule has 1 amide bonds. The highest BCUT2D eigenvalue weighted by Crippen LogP contribution is 2.16. The van der Waals surface area contributed by atoms with Gasteiger partial charge >= 0.3 is 0 Å². The molecule has 0 spiro atoms. The van der Waals surface area contributed by atoms with Crippen molar-refractivity contribution in [3.63, 3.8) is 0 Å². The van der Waals surface area contributed by atoms with Gasteiger partial charge in [-0.2, -0.15) is 0 Å². The number of carbonyl (C=O) groups excluding carboxylic acids is 1. The number of nitrogens with zero attached hydrogens (tertiary/aromatic N) is 4. The number of fused-ring (bicyclic) bond motifs is 1. The average Bonchev–Trinajstić information content (AvgIpc) is 2.95. The van der Waals surface area contributed by atoms with Crippen molar-refractivity contribution in [1.82, 2.24) is 30.2 Å². The Hall–Kier alpha value is -2.83. The topological polar surface area (TPSA) is 96.5 Å². The summed E-state index contributed by atoms with van der Waals surface area (Å²) in [6, 6.07) is 3.73. The number of pyridine rings is 1. The van der Waals surface area contributed by atoms with Crippen LogP contribution in [0.15, 0.2) is 24.5 Å². The second kappa shape index (κ2) is 6.12. The molecular weight excluding hydrogens is 292 g/mol. The number of imidazole rings is 1. The van der Waals surface area contributed by atoms with Gasteiger partial charge < -0.3 is 10.3 Å². The van der Waals surface area contributed by atoms with E-state index in [-0.39, 0.29) is 11.8 Å².